The molecule has 4 N–H and O–H groups in total. The molecule has 0 spiro atoms. The molecule has 1 aromatic heterocycles. The lowest BCUT2D eigenvalue weighted by Gasteiger charge is -2.08. The lowest BCUT2D eigenvalue weighted by molar-refractivity contribution is 0.557. The first-order valence-corrected chi connectivity index (χ1v) is 7.60. The van der Waals surface area contributed by atoms with E-state index in [1.54, 1.807) is 20.4 Å². The summed E-state index contributed by atoms with van der Waals surface area (Å²) in [5.41, 5.74) is 4.58. The summed E-state index contributed by atoms with van der Waals surface area (Å²) in [6, 6.07) is 3.67. The second kappa shape index (κ2) is 9.91. The molecular formula is C14H21N5OS2. The van der Waals surface area contributed by atoms with E-state index >= 15 is 0 Å². The summed E-state index contributed by atoms with van der Waals surface area (Å²) in [5.74, 6) is 0.671. The van der Waals surface area contributed by atoms with Gasteiger partial charge in [0.05, 0.1) is 6.26 Å². The molecule has 0 amide bonds. The van der Waals surface area contributed by atoms with Crippen molar-refractivity contribution in [2.45, 2.75) is 13.3 Å². The van der Waals surface area contributed by atoms with Crippen LogP contribution in [0.3, 0.4) is 0 Å². The minimum absolute atomic E-state index is 0.441. The Hall–Kier alpha value is -1.93. The van der Waals surface area contributed by atoms with Crippen LogP contribution in [0.5, 0.6) is 0 Å². The van der Waals surface area contributed by atoms with Gasteiger partial charge in [0.1, 0.15) is 5.71 Å². The van der Waals surface area contributed by atoms with Crippen molar-refractivity contribution in [3.8, 4) is 0 Å². The molecule has 120 valence electrons. The molecule has 0 unspecified atom stereocenters. The van der Waals surface area contributed by atoms with Gasteiger partial charge in [-0.05, 0) is 56.0 Å². The molecule has 1 aromatic rings. The van der Waals surface area contributed by atoms with E-state index in [0.29, 0.717) is 21.7 Å². The summed E-state index contributed by atoms with van der Waals surface area (Å²) in [5, 5.41) is 14.1. The van der Waals surface area contributed by atoms with Crippen LogP contribution in [0.15, 0.2) is 39.6 Å². The van der Waals surface area contributed by atoms with E-state index in [1.165, 1.54) is 0 Å². The van der Waals surface area contributed by atoms with Crippen LogP contribution < -0.4 is 21.4 Å². The summed E-state index contributed by atoms with van der Waals surface area (Å²) in [6.07, 6.45) is 4.39. The Labute approximate surface area is 141 Å². The number of furan rings is 1. The number of hydrogen-bond acceptors (Lipinski definition) is 4. The maximum Gasteiger partial charge on any atom is 0.186 e. The van der Waals surface area contributed by atoms with Crippen molar-refractivity contribution in [3.05, 3.63) is 35.8 Å². The number of allylic oxidation sites excluding steroid dienone is 1. The van der Waals surface area contributed by atoms with Crippen LogP contribution in [0.1, 0.15) is 19.1 Å². The van der Waals surface area contributed by atoms with Gasteiger partial charge in [0.25, 0.3) is 0 Å². The summed E-state index contributed by atoms with van der Waals surface area (Å²) >= 11 is 10.0. The number of nitrogens with zero attached hydrogens (tertiary/aromatic N) is 1. The van der Waals surface area contributed by atoms with Crippen molar-refractivity contribution in [1.29, 1.82) is 0 Å². The topological polar surface area (TPSA) is 73.6 Å². The van der Waals surface area contributed by atoms with Gasteiger partial charge in [0.2, 0.25) is 0 Å². The predicted molar refractivity (Wildman–Crippen MR) is 98.1 cm³/mol. The summed E-state index contributed by atoms with van der Waals surface area (Å²) in [7, 11) is 3.52. The average molecular weight is 339 g/mol. The van der Waals surface area contributed by atoms with E-state index in [9.17, 15) is 0 Å². The van der Waals surface area contributed by atoms with E-state index in [2.05, 4.69) is 26.5 Å². The first-order chi connectivity index (χ1) is 10.6. The molecule has 6 nitrogen and oxygen atoms in total. The molecule has 1 heterocycles. The molecular weight excluding hydrogens is 318 g/mol. The standard InChI is InChI=1S/C14H21N5OS2/c1-10(6-7-17-13(21)15-2)9-11(12-5-4-8-20-12)18-19-14(22)16-3/h4-5,8-9H,6-7H2,1-3H3,(H2,15,17,21)(H2,16,19,22)/b10-9+,18-11-. The minimum Gasteiger partial charge on any atom is -0.463 e. The third-order valence-corrected chi connectivity index (χ3v) is 3.34. The second-order valence-corrected chi connectivity index (χ2v) is 5.23. The fraction of sp³-hybridized carbons (Fsp3) is 0.357. The Morgan fingerprint density at radius 1 is 1.27 bits per heavy atom. The maximum atomic E-state index is 5.40. The van der Waals surface area contributed by atoms with E-state index in [-0.39, 0.29) is 0 Å². The fourth-order valence-corrected chi connectivity index (χ4v) is 1.66. The molecule has 0 saturated carbocycles. The molecule has 0 saturated heterocycles. The molecule has 0 radical (unpaired) electrons. The molecule has 0 bridgehead atoms. The highest BCUT2D eigenvalue weighted by Crippen LogP contribution is 2.07. The Morgan fingerprint density at radius 2 is 2.00 bits per heavy atom. The lowest BCUT2D eigenvalue weighted by Crippen LogP contribution is -2.33. The Morgan fingerprint density at radius 3 is 2.59 bits per heavy atom. The molecule has 22 heavy (non-hydrogen) atoms. The predicted octanol–water partition coefficient (Wildman–Crippen LogP) is 1.51. The van der Waals surface area contributed by atoms with Crippen LogP contribution in [0.2, 0.25) is 0 Å². The van der Waals surface area contributed by atoms with E-state index in [1.807, 2.05) is 25.1 Å². The molecule has 1 rings (SSSR count). The summed E-state index contributed by atoms with van der Waals surface area (Å²) < 4.78 is 5.40. The highest BCUT2D eigenvalue weighted by molar-refractivity contribution is 7.80. The van der Waals surface area contributed by atoms with Gasteiger partial charge in [0, 0.05) is 20.6 Å². The Balaban J connectivity index is 2.73. The normalized spacial score (nSPS) is 11.8. The van der Waals surface area contributed by atoms with Crippen LogP contribution in [0.25, 0.3) is 0 Å². The summed E-state index contributed by atoms with van der Waals surface area (Å²) in [4.78, 5) is 0. The van der Waals surface area contributed by atoms with Crippen molar-refractivity contribution in [2.24, 2.45) is 5.10 Å². The van der Waals surface area contributed by atoms with Crippen LogP contribution in [-0.4, -0.2) is 36.6 Å². The zero-order chi connectivity index (χ0) is 16.4. The fourth-order valence-electron chi connectivity index (χ4n) is 1.52. The van der Waals surface area contributed by atoms with Gasteiger partial charge in [0.15, 0.2) is 16.0 Å². The third-order valence-electron chi connectivity index (χ3n) is 2.69. The quantitative estimate of drug-likeness (QED) is 0.356. The van der Waals surface area contributed by atoms with Crippen LogP contribution in [0, 0.1) is 0 Å². The van der Waals surface area contributed by atoms with Gasteiger partial charge in [-0.25, -0.2) is 0 Å². The van der Waals surface area contributed by atoms with Crippen molar-refractivity contribution >= 4 is 40.4 Å². The van der Waals surface area contributed by atoms with E-state index in [0.717, 1.165) is 18.5 Å². The minimum atomic E-state index is 0.441. The number of nitrogens with one attached hydrogen (secondary N) is 4. The molecule has 0 aliphatic carbocycles. The molecule has 0 aliphatic rings. The van der Waals surface area contributed by atoms with Crippen LogP contribution >= 0.6 is 24.4 Å². The smallest absolute Gasteiger partial charge is 0.186 e. The van der Waals surface area contributed by atoms with Gasteiger partial charge in [-0.3, -0.25) is 5.43 Å². The zero-order valence-corrected chi connectivity index (χ0v) is 14.5. The first kappa shape index (κ1) is 18.1. The SMILES string of the molecule is CNC(=S)NCC/C(C)=C/C(=N/NC(=S)NC)c1ccco1. The lowest BCUT2D eigenvalue weighted by atomic mass is 10.1. The largest absolute Gasteiger partial charge is 0.463 e. The second-order valence-electron chi connectivity index (χ2n) is 4.41. The molecule has 0 aromatic carbocycles. The highest BCUT2D eigenvalue weighted by atomic mass is 32.1. The molecule has 0 aliphatic heterocycles. The van der Waals surface area contributed by atoms with E-state index < -0.39 is 0 Å². The van der Waals surface area contributed by atoms with Crippen LogP contribution in [0.4, 0.5) is 0 Å². The molecule has 8 heteroatoms. The van der Waals surface area contributed by atoms with Gasteiger partial charge in [-0.1, -0.05) is 5.57 Å². The number of hydrogen-bond donors (Lipinski definition) is 4. The monoisotopic (exact) mass is 339 g/mol. The highest BCUT2D eigenvalue weighted by Gasteiger charge is 2.05. The number of hydrazone groups is 1. The van der Waals surface area contributed by atoms with Crippen molar-refractivity contribution in [3.63, 3.8) is 0 Å². The third kappa shape index (κ3) is 6.68. The van der Waals surface area contributed by atoms with Gasteiger partial charge >= 0.3 is 0 Å². The number of rotatable bonds is 6. The van der Waals surface area contributed by atoms with Gasteiger partial charge in [-0.15, -0.1) is 0 Å². The van der Waals surface area contributed by atoms with Crippen molar-refractivity contribution < 1.29 is 4.42 Å². The molecule has 0 fully saturated rings. The van der Waals surface area contributed by atoms with Gasteiger partial charge in [-0.2, -0.15) is 5.10 Å². The maximum absolute atomic E-state index is 5.40. The Kier molecular flexibility index (Phi) is 8.16. The number of thiocarbonyl (C=S) groups is 2. The first-order valence-electron chi connectivity index (χ1n) is 6.79. The van der Waals surface area contributed by atoms with Crippen molar-refractivity contribution in [2.75, 3.05) is 20.6 Å². The van der Waals surface area contributed by atoms with Crippen molar-refractivity contribution in [1.82, 2.24) is 21.4 Å². The Bertz CT molecular complexity index is 552. The average Bonchev–Trinajstić information content (AvgIpc) is 3.04. The zero-order valence-electron chi connectivity index (χ0n) is 12.9. The molecule has 0 atom stereocenters. The summed E-state index contributed by atoms with van der Waals surface area (Å²) in [6.45, 7) is 2.77. The van der Waals surface area contributed by atoms with Crippen LogP contribution in [-0.2, 0) is 0 Å². The van der Waals surface area contributed by atoms with E-state index in [4.69, 9.17) is 28.9 Å². The van der Waals surface area contributed by atoms with Gasteiger partial charge < -0.3 is 20.4 Å².